The summed E-state index contributed by atoms with van der Waals surface area (Å²) in [6.45, 7) is 4.05. The minimum absolute atomic E-state index is 0.211. The predicted molar refractivity (Wildman–Crippen MR) is 70.5 cm³/mol. The summed E-state index contributed by atoms with van der Waals surface area (Å²) in [5.41, 5.74) is 7.41. The Bertz CT molecular complexity index is 549. The smallest absolute Gasteiger partial charge is 0.174 e. The van der Waals surface area contributed by atoms with E-state index >= 15 is 0 Å². The highest BCUT2D eigenvalue weighted by molar-refractivity contribution is 6.36. The second-order valence-electron chi connectivity index (χ2n) is 4.09. The van der Waals surface area contributed by atoms with Gasteiger partial charge in [-0.3, -0.25) is 0 Å². The van der Waals surface area contributed by atoms with Crippen molar-refractivity contribution in [2.75, 3.05) is 5.73 Å². The van der Waals surface area contributed by atoms with Crippen molar-refractivity contribution in [3.8, 4) is 11.3 Å². The molecule has 0 saturated heterocycles. The molecule has 0 unspecified atom stereocenters. The van der Waals surface area contributed by atoms with Crippen molar-refractivity contribution in [2.45, 2.75) is 19.8 Å². The van der Waals surface area contributed by atoms with E-state index in [1.54, 1.807) is 18.2 Å². The van der Waals surface area contributed by atoms with Crippen LogP contribution < -0.4 is 5.73 Å². The van der Waals surface area contributed by atoms with Gasteiger partial charge < -0.3 is 10.3 Å². The first-order chi connectivity index (χ1) is 8.00. The molecule has 2 aromatic rings. The zero-order chi connectivity index (χ0) is 12.6. The SMILES string of the molecule is CC(C)c1c(N)noc1-c1ccc(Cl)cc1Cl. The fraction of sp³-hybridized carbons (Fsp3) is 0.250. The van der Waals surface area contributed by atoms with Gasteiger partial charge in [0.1, 0.15) is 0 Å². The van der Waals surface area contributed by atoms with E-state index in [1.807, 2.05) is 13.8 Å². The highest BCUT2D eigenvalue weighted by atomic mass is 35.5. The van der Waals surface area contributed by atoms with Crippen LogP contribution in [0.4, 0.5) is 5.82 Å². The molecule has 2 rings (SSSR count). The average molecular weight is 271 g/mol. The number of benzene rings is 1. The van der Waals surface area contributed by atoms with Crippen LogP contribution >= 0.6 is 23.2 Å². The first-order valence-electron chi connectivity index (χ1n) is 5.21. The number of nitrogens with two attached hydrogens (primary N) is 1. The largest absolute Gasteiger partial charge is 0.381 e. The number of aromatic nitrogens is 1. The van der Waals surface area contributed by atoms with E-state index in [0.717, 1.165) is 11.1 Å². The van der Waals surface area contributed by atoms with E-state index in [4.69, 9.17) is 33.5 Å². The van der Waals surface area contributed by atoms with Crippen LogP contribution in [0, 0.1) is 0 Å². The lowest BCUT2D eigenvalue weighted by Gasteiger charge is -2.07. The van der Waals surface area contributed by atoms with Gasteiger partial charge in [-0.05, 0) is 24.1 Å². The second-order valence-corrected chi connectivity index (χ2v) is 4.93. The van der Waals surface area contributed by atoms with Gasteiger partial charge in [-0.15, -0.1) is 0 Å². The number of hydrogen-bond acceptors (Lipinski definition) is 3. The maximum absolute atomic E-state index is 6.14. The summed E-state index contributed by atoms with van der Waals surface area (Å²) >= 11 is 12.0. The van der Waals surface area contributed by atoms with Crippen LogP contribution in [0.25, 0.3) is 11.3 Å². The summed E-state index contributed by atoms with van der Waals surface area (Å²) in [6, 6.07) is 5.23. The summed E-state index contributed by atoms with van der Waals surface area (Å²) in [5.74, 6) is 1.23. The molecule has 0 aliphatic carbocycles. The molecule has 0 aliphatic rings. The van der Waals surface area contributed by atoms with Crippen molar-refractivity contribution in [3.05, 3.63) is 33.8 Å². The minimum atomic E-state index is 0.211. The van der Waals surface area contributed by atoms with Gasteiger partial charge in [0, 0.05) is 16.1 Å². The Labute approximate surface area is 109 Å². The average Bonchev–Trinajstić information content (AvgIpc) is 2.60. The molecule has 1 aromatic heterocycles. The normalized spacial score (nSPS) is 11.1. The van der Waals surface area contributed by atoms with Gasteiger partial charge in [-0.1, -0.05) is 42.2 Å². The minimum Gasteiger partial charge on any atom is -0.381 e. The molecule has 3 nitrogen and oxygen atoms in total. The fourth-order valence-corrected chi connectivity index (χ4v) is 2.23. The number of rotatable bonds is 2. The van der Waals surface area contributed by atoms with Crippen molar-refractivity contribution in [3.63, 3.8) is 0 Å². The van der Waals surface area contributed by atoms with Crippen molar-refractivity contribution in [1.29, 1.82) is 0 Å². The molecule has 5 heteroatoms. The van der Waals surface area contributed by atoms with Crippen molar-refractivity contribution < 1.29 is 4.52 Å². The Hall–Kier alpha value is -1.19. The van der Waals surface area contributed by atoms with Crippen LogP contribution in [0.5, 0.6) is 0 Å². The third-order valence-electron chi connectivity index (χ3n) is 2.51. The van der Waals surface area contributed by atoms with E-state index in [0.29, 0.717) is 21.6 Å². The molecule has 17 heavy (non-hydrogen) atoms. The fourth-order valence-electron chi connectivity index (χ4n) is 1.74. The molecule has 90 valence electrons. The Morgan fingerprint density at radius 2 is 2.00 bits per heavy atom. The van der Waals surface area contributed by atoms with Gasteiger partial charge >= 0.3 is 0 Å². The molecule has 0 aliphatic heterocycles. The molecule has 0 saturated carbocycles. The molecule has 1 aromatic carbocycles. The van der Waals surface area contributed by atoms with E-state index in [2.05, 4.69) is 5.16 Å². The summed E-state index contributed by atoms with van der Waals surface area (Å²) < 4.78 is 5.26. The lowest BCUT2D eigenvalue weighted by molar-refractivity contribution is 0.434. The van der Waals surface area contributed by atoms with E-state index < -0.39 is 0 Å². The highest BCUT2D eigenvalue weighted by Gasteiger charge is 2.20. The lowest BCUT2D eigenvalue weighted by Crippen LogP contribution is -1.95. The Morgan fingerprint density at radius 3 is 2.59 bits per heavy atom. The Kier molecular flexibility index (Phi) is 3.31. The molecular weight excluding hydrogens is 259 g/mol. The number of nitrogen functional groups attached to an aromatic ring is 1. The van der Waals surface area contributed by atoms with Crippen LogP contribution in [0.15, 0.2) is 22.7 Å². The first kappa shape index (κ1) is 12.3. The lowest BCUT2D eigenvalue weighted by atomic mass is 9.99. The maximum atomic E-state index is 6.14. The van der Waals surface area contributed by atoms with Crippen LogP contribution in [0.3, 0.4) is 0 Å². The van der Waals surface area contributed by atoms with Crippen molar-refractivity contribution >= 4 is 29.0 Å². The van der Waals surface area contributed by atoms with Gasteiger partial charge in [0.2, 0.25) is 0 Å². The number of hydrogen-bond donors (Lipinski definition) is 1. The van der Waals surface area contributed by atoms with Gasteiger partial charge in [0.15, 0.2) is 11.6 Å². The molecule has 1 heterocycles. The highest BCUT2D eigenvalue weighted by Crippen LogP contribution is 2.37. The van der Waals surface area contributed by atoms with Crippen molar-refractivity contribution in [2.24, 2.45) is 0 Å². The Morgan fingerprint density at radius 1 is 1.29 bits per heavy atom. The quantitative estimate of drug-likeness (QED) is 0.883. The summed E-state index contributed by atoms with van der Waals surface area (Å²) in [6.07, 6.45) is 0. The van der Waals surface area contributed by atoms with E-state index in [-0.39, 0.29) is 5.92 Å². The summed E-state index contributed by atoms with van der Waals surface area (Å²) in [7, 11) is 0. The maximum Gasteiger partial charge on any atom is 0.174 e. The van der Waals surface area contributed by atoms with Crippen LogP contribution in [-0.2, 0) is 0 Å². The zero-order valence-corrected chi connectivity index (χ0v) is 11.0. The molecule has 0 fully saturated rings. The molecule has 2 N–H and O–H groups in total. The van der Waals surface area contributed by atoms with Crippen LogP contribution in [-0.4, -0.2) is 5.16 Å². The third-order valence-corrected chi connectivity index (χ3v) is 3.06. The van der Waals surface area contributed by atoms with Crippen LogP contribution in [0.1, 0.15) is 25.3 Å². The monoisotopic (exact) mass is 270 g/mol. The molecule has 0 atom stereocenters. The topological polar surface area (TPSA) is 52.0 Å². The van der Waals surface area contributed by atoms with Gasteiger partial charge in [-0.2, -0.15) is 0 Å². The standard InChI is InChI=1S/C12H12Cl2N2O/c1-6(2)10-11(17-16-12(10)15)8-4-3-7(13)5-9(8)14/h3-6H,1-2H3,(H2,15,16). The van der Waals surface area contributed by atoms with E-state index in [9.17, 15) is 0 Å². The number of nitrogens with zero attached hydrogens (tertiary/aromatic N) is 1. The number of anilines is 1. The van der Waals surface area contributed by atoms with Gasteiger partial charge in [-0.25, -0.2) is 0 Å². The van der Waals surface area contributed by atoms with Crippen molar-refractivity contribution in [1.82, 2.24) is 5.16 Å². The number of halogens is 2. The van der Waals surface area contributed by atoms with E-state index in [1.165, 1.54) is 0 Å². The van der Waals surface area contributed by atoms with Gasteiger partial charge in [0.05, 0.1) is 5.02 Å². The molecule has 0 amide bonds. The zero-order valence-electron chi connectivity index (χ0n) is 9.50. The van der Waals surface area contributed by atoms with Gasteiger partial charge in [0.25, 0.3) is 0 Å². The second kappa shape index (κ2) is 4.59. The molecule has 0 spiro atoms. The summed E-state index contributed by atoms with van der Waals surface area (Å²) in [4.78, 5) is 0. The Balaban J connectivity index is 2.61. The first-order valence-corrected chi connectivity index (χ1v) is 5.96. The predicted octanol–water partition coefficient (Wildman–Crippen LogP) is 4.35. The third kappa shape index (κ3) is 2.26. The molecule has 0 bridgehead atoms. The summed E-state index contributed by atoms with van der Waals surface area (Å²) in [5, 5.41) is 4.89. The van der Waals surface area contributed by atoms with Crippen LogP contribution in [0.2, 0.25) is 10.0 Å². The molecular formula is C12H12Cl2N2O. The molecule has 0 radical (unpaired) electrons.